The van der Waals surface area contributed by atoms with Crippen LogP contribution >= 0.6 is 45.6 Å². The Morgan fingerprint density at radius 3 is 1.19 bits per heavy atom. The molecule has 6 aromatic carbocycles. The number of likely N-dealkylation sites (tertiary alicyclic amines) is 1. The van der Waals surface area contributed by atoms with Crippen LogP contribution in [0.3, 0.4) is 0 Å². The lowest BCUT2D eigenvalue weighted by molar-refractivity contribution is -0.189. The van der Waals surface area contributed by atoms with Crippen LogP contribution in [-0.4, -0.2) is 188 Å². The molecule has 4 amide bonds. The molecular formula is C86H69ClF10N18O13S3. The van der Waals surface area contributed by atoms with Crippen LogP contribution in [-0.2, 0) is 19.0 Å². The Labute approximate surface area is 750 Å². The number of anilines is 3. The van der Waals surface area contributed by atoms with Gasteiger partial charge in [-0.05, 0) is 88.2 Å². The van der Waals surface area contributed by atoms with Gasteiger partial charge in [0.05, 0.1) is 185 Å². The Morgan fingerprint density at radius 1 is 0.427 bits per heavy atom. The lowest BCUT2D eigenvalue weighted by Gasteiger charge is -2.38. The van der Waals surface area contributed by atoms with Crippen molar-refractivity contribution in [3.63, 3.8) is 0 Å². The molecular weight excluding hydrogens is 1810 g/mol. The number of benzene rings is 6. The summed E-state index contributed by atoms with van der Waals surface area (Å²) in [5.74, 6) is -8.99. The number of fused-ring (bicyclic) bond motifs is 6. The van der Waals surface area contributed by atoms with E-state index in [1.165, 1.54) is 135 Å². The molecule has 0 unspecified atom stereocenters. The maximum atomic E-state index is 15.5. The molecule has 1 aliphatic heterocycles. The average Bonchev–Trinajstić information content (AvgIpc) is 1.65. The van der Waals surface area contributed by atoms with E-state index in [0.717, 1.165) is 22.6 Å². The van der Waals surface area contributed by atoms with Crippen LogP contribution in [0.25, 0.3) is 95.3 Å². The van der Waals surface area contributed by atoms with Crippen LogP contribution in [0, 0.1) is 52.1 Å². The van der Waals surface area contributed by atoms with Gasteiger partial charge in [-0.15, -0.1) is 34.0 Å². The van der Waals surface area contributed by atoms with E-state index in [2.05, 4.69) is 85.7 Å². The first kappa shape index (κ1) is 90.3. The normalized spacial score (nSPS) is 17.4. The molecule has 131 heavy (non-hydrogen) atoms. The minimum atomic E-state index is -5.14. The second kappa shape index (κ2) is 37.2. The third-order valence-corrected chi connectivity index (χ3v) is 23.9. The fourth-order valence-corrected chi connectivity index (χ4v) is 17.7. The molecule has 6 atom stereocenters. The number of hydrogen-bond donors (Lipinski definition) is 3. The molecule has 2 aliphatic carbocycles. The van der Waals surface area contributed by atoms with Gasteiger partial charge in [-0.3, -0.25) is 25.7 Å². The fraction of sp³-hybridized carbons (Fsp3) is 0.279. The van der Waals surface area contributed by atoms with Crippen LogP contribution in [0.15, 0.2) is 135 Å². The maximum absolute atomic E-state index is 15.5. The van der Waals surface area contributed by atoms with Crippen molar-refractivity contribution >= 4 is 150 Å². The number of carbonyl (C=O) groups is 4. The molecule has 3 N–H and O–H groups in total. The number of halogens is 11. The number of nitrogens with one attached hydrogen (secondary N) is 3. The van der Waals surface area contributed by atoms with Crippen molar-refractivity contribution in [3.05, 3.63) is 186 Å². The Hall–Kier alpha value is -14.0. The van der Waals surface area contributed by atoms with Crippen LogP contribution in [0.2, 0.25) is 5.02 Å². The third-order valence-electron chi connectivity index (χ3n) is 20.5. The molecule has 676 valence electrons. The number of nitrogens with zero attached hydrogens (tertiary/aromatic N) is 15. The largest absolute Gasteiger partial charge is 0.495 e. The van der Waals surface area contributed by atoms with Crippen LogP contribution in [0.5, 0.6) is 34.8 Å². The Balaban J connectivity index is 0.000000144. The first-order chi connectivity index (χ1) is 62.5. The summed E-state index contributed by atoms with van der Waals surface area (Å²) in [6.45, 7) is 7.80. The van der Waals surface area contributed by atoms with Crippen molar-refractivity contribution < 1.29 is 106 Å². The van der Waals surface area contributed by atoms with Gasteiger partial charge in [0.1, 0.15) is 68.8 Å². The summed E-state index contributed by atoms with van der Waals surface area (Å²) < 4.78 is 194. The van der Waals surface area contributed by atoms with Gasteiger partial charge in [0.2, 0.25) is 11.8 Å². The molecule has 0 radical (unpaired) electrons. The van der Waals surface area contributed by atoms with Crippen molar-refractivity contribution in [1.29, 1.82) is 0 Å². The number of ether oxygens (including phenoxy) is 9. The monoisotopic (exact) mass is 1880 g/mol. The molecule has 31 nitrogen and oxygen atoms in total. The van der Waals surface area contributed by atoms with Gasteiger partial charge in [0, 0.05) is 76.5 Å². The van der Waals surface area contributed by atoms with Gasteiger partial charge < -0.3 is 47.5 Å². The third kappa shape index (κ3) is 21.0. The van der Waals surface area contributed by atoms with Gasteiger partial charge in [-0.1, -0.05) is 11.6 Å². The Bertz CT molecular complexity index is 6660. The molecule has 2 saturated carbocycles. The summed E-state index contributed by atoms with van der Waals surface area (Å²) in [4.78, 5) is 110. The first-order valence-electron chi connectivity index (χ1n) is 39.5. The summed E-state index contributed by atoms with van der Waals surface area (Å²) >= 11 is 10.1. The van der Waals surface area contributed by atoms with E-state index >= 15 is 13.2 Å². The smallest absolute Gasteiger partial charge is 0.471 e. The van der Waals surface area contributed by atoms with Crippen LogP contribution in [0.1, 0.15) is 60.7 Å². The number of alkyl halides is 7. The molecule has 45 heteroatoms. The lowest BCUT2D eigenvalue weighted by Crippen LogP contribution is -2.55. The lowest BCUT2D eigenvalue weighted by atomic mass is 10.0. The molecule has 15 aromatic rings. The van der Waals surface area contributed by atoms with Crippen LogP contribution < -0.4 is 44.4 Å². The second-order valence-corrected chi connectivity index (χ2v) is 33.7. The Morgan fingerprint density at radius 2 is 0.802 bits per heavy atom. The number of aryl methyl sites for hydroxylation is 5. The zero-order valence-corrected chi connectivity index (χ0v) is 72.7. The topological polar surface area (TPSA) is 371 Å². The molecule has 1 saturated heterocycles. The highest BCUT2D eigenvalue weighted by molar-refractivity contribution is 7.22. The maximum Gasteiger partial charge on any atom is 0.471 e. The minimum absolute atomic E-state index is 0.203. The van der Waals surface area contributed by atoms with E-state index in [1.807, 2.05) is 38.1 Å². The number of methoxy groups -OCH3 is 3. The standard InChI is InChI=1S/C30H25F4N7O5S.C28H21ClF3N5O4S.C28H23F3N6O4S/c1-14-6-17(26-20(7-14)39-25(44-3)12-37-26)27-40-19-8-18(31)22(9-24(19)47-27)45-23-13-41(28(42)30(32,33)34)5-4-21(23)46-29(43)38-16-10-35-15(2)36-11-16;1-13-33-10-16(11-34-13)36-27(38)41-23-9-28(31,32)8-22(23)40-21-7-24-20(6-19(21)30)37-26(42-24)18-5-15(29)3-14-4-17(39-2)12-35-25(14)18;1-13-4-16(25-19(5-13)36-24(39-3)12-34-25)26-37-18-6-17(29)20(7-23(18)42-26)40-21-8-28(30,31)9-22(21)41-27(38)35-15-10-32-14(2)33-11-15/h6-12,21,23H,4-5,13H2,1-3H3,(H,38,43);3-7,10-12,22-23H,8-9H2,1-2H3,(H,36,38);4-7,10-12,21-22H,8-9H2,1-3H3,(H,35,38)/t21-,23+;22-,23+;21-,22+/m011/s1. The van der Waals surface area contributed by atoms with E-state index in [9.17, 15) is 49.9 Å². The SMILES string of the molecule is COc1cnc2c(-c3nc4cc(F)c(O[C@@H]5CC(F)(F)C[C@@H]5OC(=O)Nc5cnc(C)nc5)cc4s3)cc(C)cc2n1.COc1cnc2c(-c3nc4cc(F)c(O[C@@H]5CC(F)(F)C[C@@H]5OC(=O)Nc5cnc(C)nc5)cc4s3)cc(Cl)cc2c1.COc1cnc2c(-c3nc4cc(F)c(O[C@@H]5CN(C(=O)C(F)(F)F)CC[C@@H]5OC(=O)Nc5cnc(C)nc5)cc4s3)cc(C)cc2n1. The van der Waals surface area contributed by atoms with Gasteiger partial charge in [-0.25, -0.2) is 110 Å². The number of aromatic nitrogens is 14. The summed E-state index contributed by atoms with van der Waals surface area (Å²) in [6.07, 6.45) is -6.36. The highest BCUT2D eigenvalue weighted by Crippen LogP contribution is 2.46. The number of pyridine rings is 1. The van der Waals surface area contributed by atoms with Gasteiger partial charge in [0.15, 0.2) is 40.8 Å². The zero-order valence-electron chi connectivity index (χ0n) is 69.5. The van der Waals surface area contributed by atoms with E-state index in [4.69, 9.17) is 54.2 Å². The number of thiazole rings is 3. The van der Waals surface area contributed by atoms with E-state index < -0.39 is 129 Å². The quantitative estimate of drug-likeness (QED) is 0.0530. The van der Waals surface area contributed by atoms with Gasteiger partial charge in [-0.2, -0.15) is 13.2 Å². The van der Waals surface area contributed by atoms with Crippen molar-refractivity contribution in [2.45, 2.75) is 121 Å². The van der Waals surface area contributed by atoms with Crippen molar-refractivity contribution in [3.8, 4) is 66.5 Å². The molecule has 3 aliphatic rings. The average molecular weight is 1880 g/mol. The number of rotatable bonds is 18. The fourth-order valence-electron chi connectivity index (χ4n) is 14.5. The first-order valence-corrected chi connectivity index (χ1v) is 42.3. The zero-order chi connectivity index (χ0) is 92.6. The summed E-state index contributed by atoms with van der Waals surface area (Å²) in [5, 5.41) is 10.0. The van der Waals surface area contributed by atoms with Crippen LogP contribution in [0.4, 0.5) is 75.3 Å². The van der Waals surface area contributed by atoms with Crippen molar-refractivity contribution in [2.24, 2.45) is 0 Å². The molecule has 18 rings (SSSR count). The number of carbonyl (C=O) groups excluding carboxylic acids is 4. The summed E-state index contributed by atoms with van der Waals surface area (Å²) in [5.41, 5.74) is 8.45. The minimum Gasteiger partial charge on any atom is -0.495 e. The highest BCUT2D eigenvalue weighted by Gasteiger charge is 2.52. The summed E-state index contributed by atoms with van der Waals surface area (Å²) in [6, 6.07) is 20.4. The number of amides is 4. The van der Waals surface area contributed by atoms with Gasteiger partial charge >= 0.3 is 30.4 Å². The highest BCUT2D eigenvalue weighted by atomic mass is 35.5. The molecule has 9 aromatic heterocycles. The molecule has 0 spiro atoms. The molecule has 10 heterocycles. The summed E-state index contributed by atoms with van der Waals surface area (Å²) in [7, 11) is 4.52. The second-order valence-electron chi connectivity index (χ2n) is 30.2. The molecule has 3 fully saturated rings. The van der Waals surface area contributed by atoms with Crippen molar-refractivity contribution in [2.75, 3.05) is 50.4 Å². The number of piperidine rings is 1. The van der Waals surface area contributed by atoms with E-state index in [-0.39, 0.29) is 47.3 Å². The Kier molecular flexibility index (Phi) is 25.7. The van der Waals surface area contributed by atoms with E-state index in [0.29, 0.717) is 135 Å². The van der Waals surface area contributed by atoms with Crippen molar-refractivity contribution in [1.82, 2.24) is 74.7 Å². The van der Waals surface area contributed by atoms with Gasteiger partial charge in [0.25, 0.3) is 11.8 Å². The number of hydrogen-bond acceptors (Lipinski definition) is 30. The predicted octanol–water partition coefficient (Wildman–Crippen LogP) is 19.1. The molecule has 0 bridgehead atoms. The predicted molar refractivity (Wildman–Crippen MR) is 462 cm³/mol. The van der Waals surface area contributed by atoms with E-state index in [1.54, 1.807) is 45.2 Å².